The van der Waals surface area contributed by atoms with E-state index in [-0.39, 0.29) is 11.7 Å². The van der Waals surface area contributed by atoms with E-state index in [9.17, 15) is 9.59 Å². The first-order valence-corrected chi connectivity index (χ1v) is 6.76. The average molecular weight is 283 g/mol. The quantitative estimate of drug-likeness (QED) is 0.857. The molecule has 0 atom stereocenters. The molecule has 0 fully saturated rings. The molecule has 0 aliphatic heterocycles. The molecule has 0 heterocycles. The molecule has 108 valence electrons. The van der Waals surface area contributed by atoms with Crippen molar-refractivity contribution in [2.75, 3.05) is 11.9 Å². The SMILES string of the molecule is CCOc1ccc(C(=O)c2ccccc2NC(C)=O)cc1. The van der Waals surface area contributed by atoms with E-state index in [1.54, 1.807) is 48.5 Å². The summed E-state index contributed by atoms with van der Waals surface area (Å²) >= 11 is 0. The van der Waals surface area contributed by atoms with Crippen molar-refractivity contribution in [3.63, 3.8) is 0 Å². The number of amides is 1. The van der Waals surface area contributed by atoms with Crippen LogP contribution in [-0.2, 0) is 4.79 Å². The predicted molar refractivity (Wildman–Crippen MR) is 81.8 cm³/mol. The van der Waals surface area contributed by atoms with Gasteiger partial charge in [0.25, 0.3) is 0 Å². The highest BCUT2D eigenvalue weighted by atomic mass is 16.5. The van der Waals surface area contributed by atoms with Crippen molar-refractivity contribution in [3.05, 3.63) is 59.7 Å². The van der Waals surface area contributed by atoms with Gasteiger partial charge in [-0.1, -0.05) is 12.1 Å². The van der Waals surface area contributed by atoms with Gasteiger partial charge in [-0.25, -0.2) is 0 Å². The number of hydrogen-bond donors (Lipinski definition) is 1. The maximum Gasteiger partial charge on any atom is 0.221 e. The number of anilines is 1. The Balaban J connectivity index is 2.29. The van der Waals surface area contributed by atoms with Gasteiger partial charge in [0.05, 0.1) is 12.3 Å². The number of rotatable bonds is 5. The molecule has 0 bridgehead atoms. The topological polar surface area (TPSA) is 55.4 Å². The molecule has 0 spiro atoms. The standard InChI is InChI=1S/C17H17NO3/c1-3-21-14-10-8-13(9-11-14)17(20)15-6-4-5-7-16(15)18-12(2)19/h4-11H,3H2,1-2H3,(H,18,19). The van der Waals surface area contributed by atoms with Gasteiger partial charge in [0.2, 0.25) is 5.91 Å². The Hall–Kier alpha value is -2.62. The lowest BCUT2D eigenvalue weighted by atomic mass is 10.0. The van der Waals surface area contributed by atoms with Gasteiger partial charge >= 0.3 is 0 Å². The highest BCUT2D eigenvalue weighted by Crippen LogP contribution is 2.21. The van der Waals surface area contributed by atoms with Crippen LogP contribution in [0, 0.1) is 0 Å². The largest absolute Gasteiger partial charge is 0.494 e. The molecular formula is C17H17NO3. The predicted octanol–water partition coefficient (Wildman–Crippen LogP) is 3.27. The lowest BCUT2D eigenvalue weighted by molar-refractivity contribution is -0.114. The lowest BCUT2D eigenvalue weighted by Crippen LogP contribution is -2.11. The number of hydrogen-bond acceptors (Lipinski definition) is 3. The third-order valence-electron chi connectivity index (χ3n) is 2.91. The summed E-state index contributed by atoms with van der Waals surface area (Å²) < 4.78 is 5.35. The molecule has 2 aromatic carbocycles. The van der Waals surface area contributed by atoms with E-state index in [1.807, 2.05) is 6.92 Å². The third-order valence-corrected chi connectivity index (χ3v) is 2.91. The monoisotopic (exact) mass is 283 g/mol. The van der Waals surface area contributed by atoms with Gasteiger partial charge in [0.1, 0.15) is 5.75 Å². The molecular weight excluding hydrogens is 266 g/mol. The van der Waals surface area contributed by atoms with Gasteiger partial charge in [-0.15, -0.1) is 0 Å². The highest BCUT2D eigenvalue weighted by molar-refractivity contribution is 6.13. The number of ether oxygens (including phenoxy) is 1. The van der Waals surface area contributed by atoms with Crippen LogP contribution in [0.3, 0.4) is 0 Å². The zero-order valence-electron chi connectivity index (χ0n) is 12.1. The Morgan fingerprint density at radius 2 is 1.71 bits per heavy atom. The Bertz CT molecular complexity index is 647. The molecule has 4 heteroatoms. The minimum absolute atomic E-state index is 0.137. The molecule has 0 radical (unpaired) electrons. The Morgan fingerprint density at radius 1 is 1.05 bits per heavy atom. The van der Waals surface area contributed by atoms with Crippen LogP contribution in [0.1, 0.15) is 29.8 Å². The van der Waals surface area contributed by atoms with Crippen molar-refractivity contribution in [1.29, 1.82) is 0 Å². The van der Waals surface area contributed by atoms with E-state index in [1.165, 1.54) is 6.92 Å². The van der Waals surface area contributed by atoms with Crippen molar-refractivity contribution in [2.24, 2.45) is 0 Å². The molecule has 1 amide bonds. The molecule has 0 aliphatic carbocycles. The van der Waals surface area contributed by atoms with Gasteiger partial charge in [-0.3, -0.25) is 9.59 Å². The fourth-order valence-corrected chi connectivity index (χ4v) is 2.00. The van der Waals surface area contributed by atoms with Crippen LogP contribution in [0.25, 0.3) is 0 Å². The van der Waals surface area contributed by atoms with E-state index in [4.69, 9.17) is 4.74 Å². The number of nitrogens with one attached hydrogen (secondary N) is 1. The zero-order chi connectivity index (χ0) is 15.2. The Kier molecular flexibility index (Phi) is 4.72. The molecule has 0 aliphatic rings. The fraction of sp³-hybridized carbons (Fsp3) is 0.176. The first-order chi connectivity index (χ1) is 10.1. The fourth-order valence-electron chi connectivity index (χ4n) is 2.00. The summed E-state index contributed by atoms with van der Waals surface area (Å²) in [5.41, 5.74) is 1.54. The minimum atomic E-state index is -0.207. The van der Waals surface area contributed by atoms with Gasteiger partial charge in [0, 0.05) is 18.1 Å². The molecule has 0 saturated carbocycles. The third kappa shape index (κ3) is 3.69. The lowest BCUT2D eigenvalue weighted by Gasteiger charge is -2.09. The van der Waals surface area contributed by atoms with Crippen LogP contribution in [-0.4, -0.2) is 18.3 Å². The number of ketones is 1. The number of benzene rings is 2. The molecule has 4 nitrogen and oxygen atoms in total. The van der Waals surface area contributed by atoms with Crippen LogP contribution in [0.4, 0.5) is 5.69 Å². The maximum atomic E-state index is 12.5. The van der Waals surface area contributed by atoms with Crippen LogP contribution in [0.5, 0.6) is 5.75 Å². The Morgan fingerprint density at radius 3 is 2.33 bits per heavy atom. The van der Waals surface area contributed by atoms with Crippen molar-refractivity contribution in [2.45, 2.75) is 13.8 Å². The second-order valence-corrected chi connectivity index (χ2v) is 4.51. The highest BCUT2D eigenvalue weighted by Gasteiger charge is 2.14. The Labute approximate surface area is 123 Å². The normalized spacial score (nSPS) is 10.0. The molecule has 0 unspecified atom stereocenters. The summed E-state index contributed by atoms with van der Waals surface area (Å²) in [6.07, 6.45) is 0. The van der Waals surface area contributed by atoms with Crippen LogP contribution >= 0.6 is 0 Å². The summed E-state index contributed by atoms with van der Waals surface area (Å²) in [7, 11) is 0. The molecule has 21 heavy (non-hydrogen) atoms. The minimum Gasteiger partial charge on any atom is -0.494 e. The second kappa shape index (κ2) is 6.70. The van der Waals surface area contributed by atoms with Crippen LogP contribution < -0.4 is 10.1 Å². The molecule has 2 aromatic rings. The van der Waals surface area contributed by atoms with E-state index in [2.05, 4.69) is 5.32 Å². The van der Waals surface area contributed by atoms with E-state index in [0.717, 1.165) is 5.75 Å². The van der Waals surface area contributed by atoms with E-state index in [0.29, 0.717) is 23.4 Å². The average Bonchev–Trinajstić information content (AvgIpc) is 2.48. The summed E-state index contributed by atoms with van der Waals surface area (Å²) in [6.45, 7) is 3.90. The number of carbonyl (C=O) groups excluding carboxylic acids is 2. The summed E-state index contributed by atoms with van der Waals surface area (Å²) in [5, 5.41) is 2.67. The van der Waals surface area contributed by atoms with Crippen molar-refractivity contribution >= 4 is 17.4 Å². The summed E-state index contributed by atoms with van der Waals surface area (Å²) in [6, 6.07) is 13.9. The van der Waals surface area contributed by atoms with Gasteiger partial charge < -0.3 is 10.1 Å². The van der Waals surface area contributed by atoms with Gasteiger partial charge in [-0.2, -0.15) is 0 Å². The van der Waals surface area contributed by atoms with E-state index < -0.39 is 0 Å². The molecule has 1 N–H and O–H groups in total. The van der Waals surface area contributed by atoms with Crippen molar-refractivity contribution < 1.29 is 14.3 Å². The smallest absolute Gasteiger partial charge is 0.221 e. The van der Waals surface area contributed by atoms with Crippen LogP contribution in [0.2, 0.25) is 0 Å². The summed E-state index contributed by atoms with van der Waals surface area (Å²) in [4.78, 5) is 23.7. The molecule has 0 saturated heterocycles. The first-order valence-electron chi connectivity index (χ1n) is 6.76. The van der Waals surface area contributed by atoms with Gasteiger partial charge in [0.15, 0.2) is 5.78 Å². The molecule has 2 rings (SSSR count). The van der Waals surface area contributed by atoms with E-state index >= 15 is 0 Å². The summed E-state index contributed by atoms with van der Waals surface area (Å²) in [5.74, 6) is 0.383. The first kappa shape index (κ1) is 14.8. The van der Waals surface area contributed by atoms with Crippen molar-refractivity contribution in [1.82, 2.24) is 0 Å². The molecule has 0 aromatic heterocycles. The van der Waals surface area contributed by atoms with Crippen LogP contribution in [0.15, 0.2) is 48.5 Å². The second-order valence-electron chi connectivity index (χ2n) is 4.51. The number of para-hydroxylation sites is 1. The van der Waals surface area contributed by atoms with Gasteiger partial charge in [-0.05, 0) is 43.3 Å². The number of carbonyl (C=O) groups is 2. The van der Waals surface area contributed by atoms with Crippen molar-refractivity contribution in [3.8, 4) is 5.75 Å². The maximum absolute atomic E-state index is 12.5. The zero-order valence-corrected chi connectivity index (χ0v) is 12.1.